The van der Waals surface area contributed by atoms with Gasteiger partial charge in [-0.1, -0.05) is 13.8 Å². The Hall–Kier alpha value is -2.04. The summed E-state index contributed by atoms with van der Waals surface area (Å²) in [6.45, 7) is 5.89. The molecule has 2 aromatic rings. The van der Waals surface area contributed by atoms with Crippen LogP contribution in [0.5, 0.6) is 0 Å². The summed E-state index contributed by atoms with van der Waals surface area (Å²) < 4.78 is 26.3. The molecule has 0 radical (unpaired) electrons. The SMILES string of the molecule is CC(C)c1ccc(N[C@@H](C)c2cc(F)cc(F)c2)nn1.[HH]. The predicted molar refractivity (Wildman–Crippen MR) is 76.6 cm³/mol. The van der Waals surface area contributed by atoms with Crippen LogP contribution in [0.15, 0.2) is 30.3 Å². The predicted octanol–water partition coefficient (Wildman–Crippen LogP) is 4.30. The second kappa shape index (κ2) is 5.94. The number of anilines is 1. The lowest BCUT2D eigenvalue weighted by molar-refractivity contribution is 0.577. The lowest BCUT2D eigenvalue weighted by atomic mass is 10.1. The van der Waals surface area contributed by atoms with Crippen molar-refractivity contribution >= 4 is 5.82 Å². The second-order valence-electron chi connectivity index (χ2n) is 5.07. The van der Waals surface area contributed by atoms with E-state index in [2.05, 4.69) is 15.5 Å². The van der Waals surface area contributed by atoms with Gasteiger partial charge >= 0.3 is 0 Å². The summed E-state index contributed by atoms with van der Waals surface area (Å²) in [5, 5.41) is 11.2. The minimum absolute atomic E-state index is 0. The van der Waals surface area contributed by atoms with Crippen LogP contribution in [0, 0.1) is 11.6 Å². The number of hydrogen-bond donors (Lipinski definition) is 1. The third-order valence-corrected chi connectivity index (χ3v) is 3.03. The first-order valence-electron chi connectivity index (χ1n) is 6.52. The molecule has 0 saturated heterocycles. The number of benzene rings is 1. The highest BCUT2D eigenvalue weighted by molar-refractivity contribution is 5.37. The second-order valence-corrected chi connectivity index (χ2v) is 5.07. The average molecular weight is 279 g/mol. The Kier molecular flexibility index (Phi) is 4.27. The van der Waals surface area contributed by atoms with Crippen molar-refractivity contribution in [1.29, 1.82) is 0 Å². The van der Waals surface area contributed by atoms with E-state index in [1.54, 1.807) is 0 Å². The molecule has 1 N–H and O–H groups in total. The van der Waals surface area contributed by atoms with Gasteiger partial charge in [0.15, 0.2) is 0 Å². The molecule has 0 spiro atoms. The van der Waals surface area contributed by atoms with Gasteiger partial charge in [-0.3, -0.25) is 0 Å². The average Bonchev–Trinajstić information content (AvgIpc) is 2.38. The van der Waals surface area contributed by atoms with Gasteiger partial charge in [0.2, 0.25) is 0 Å². The molecule has 0 fully saturated rings. The molecule has 5 heteroatoms. The Bertz CT molecular complexity index is 568. The molecule has 1 aromatic carbocycles. The standard InChI is InChI=1S/C15H17F2N3.H2/c1-9(2)14-4-5-15(20-19-14)18-10(3)11-6-12(16)8-13(17)7-11;/h4-10H,1-3H3,(H,18,20);1H/t10-;/m0./s1. The number of aromatic nitrogens is 2. The van der Waals surface area contributed by atoms with E-state index in [1.807, 2.05) is 32.9 Å². The van der Waals surface area contributed by atoms with Crippen LogP contribution in [0.3, 0.4) is 0 Å². The van der Waals surface area contributed by atoms with Crippen LogP contribution in [0.1, 0.15) is 45.4 Å². The minimum Gasteiger partial charge on any atom is -0.362 e. The monoisotopic (exact) mass is 279 g/mol. The van der Waals surface area contributed by atoms with E-state index in [4.69, 9.17) is 0 Å². The number of nitrogens with one attached hydrogen (secondary N) is 1. The Balaban J connectivity index is 0.00000220. The van der Waals surface area contributed by atoms with Crippen LogP contribution < -0.4 is 5.32 Å². The van der Waals surface area contributed by atoms with Gasteiger partial charge in [-0.2, -0.15) is 5.10 Å². The summed E-state index contributed by atoms with van der Waals surface area (Å²) >= 11 is 0. The minimum atomic E-state index is -0.588. The molecule has 108 valence electrons. The molecule has 0 unspecified atom stereocenters. The van der Waals surface area contributed by atoms with Crippen molar-refractivity contribution in [3.63, 3.8) is 0 Å². The lowest BCUT2D eigenvalue weighted by Crippen LogP contribution is -2.09. The van der Waals surface area contributed by atoms with Crippen molar-refractivity contribution in [2.45, 2.75) is 32.7 Å². The molecule has 0 aliphatic heterocycles. The van der Waals surface area contributed by atoms with E-state index < -0.39 is 11.6 Å². The first kappa shape index (κ1) is 14.4. The van der Waals surface area contributed by atoms with Gasteiger partial charge in [0.05, 0.1) is 11.7 Å². The quantitative estimate of drug-likeness (QED) is 0.906. The zero-order valence-corrected chi connectivity index (χ0v) is 11.7. The van der Waals surface area contributed by atoms with Crippen LogP contribution in [-0.2, 0) is 0 Å². The zero-order chi connectivity index (χ0) is 14.7. The number of rotatable bonds is 4. The molecule has 0 saturated carbocycles. The fraction of sp³-hybridized carbons (Fsp3) is 0.333. The highest BCUT2D eigenvalue weighted by atomic mass is 19.1. The van der Waals surface area contributed by atoms with Crippen LogP contribution in [0.4, 0.5) is 14.6 Å². The van der Waals surface area contributed by atoms with Crippen LogP contribution in [-0.4, -0.2) is 10.2 Å². The van der Waals surface area contributed by atoms with Gasteiger partial charge < -0.3 is 5.32 Å². The summed E-state index contributed by atoms with van der Waals surface area (Å²) in [5.74, 6) is -0.289. The van der Waals surface area contributed by atoms with Gasteiger partial charge in [0, 0.05) is 7.49 Å². The maximum Gasteiger partial charge on any atom is 0.149 e. The van der Waals surface area contributed by atoms with Gasteiger partial charge in [-0.25, -0.2) is 8.78 Å². The Morgan fingerprint density at radius 3 is 2.15 bits per heavy atom. The molecule has 1 atom stereocenters. The Morgan fingerprint density at radius 2 is 1.65 bits per heavy atom. The topological polar surface area (TPSA) is 37.8 Å². The summed E-state index contributed by atoms with van der Waals surface area (Å²) in [4.78, 5) is 0. The molecule has 20 heavy (non-hydrogen) atoms. The van der Waals surface area contributed by atoms with Gasteiger partial charge in [0.1, 0.15) is 17.5 Å². The van der Waals surface area contributed by atoms with E-state index in [9.17, 15) is 8.78 Å². The number of halogens is 2. The molecule has 0 aliphatic carbocycles. The number of nitrogens with zero attached hydrogens (tertiary/aromatic N) is 2. The third kappa shape index (κ3) is 3.50. The highest BCUT2D eigenvalue weighted by Crippen LogP contribution is 2.20. The van der Waals surface area contributed by atoms with Crippen molar-refractivity contribution in [1.82, 2.24) is 10.2 Å². The molecule has 1 heterocycles. The van der Waals surface area contributed by atoms with E-state index in [1.165, 1.54) is 12.1 Å². The maximum absolute atomic E-state index is 13.2. The van der Waals surface area contributed by atoms with Crippen molar-refractivity contribution in [2.24, 2.45) is 0 Å². The smallest absolute Gasteiger partial charge is 0.149 e. The van der Waals surface area contributed by atoms with E-state index in [-0.39, 0.29) is 7.47 Å². The fourth-order valence-corrected chi connectivity index (χ4v) is 1.86. The van der Waals surface area contributed by atoms with Gasteiger partial charge in [-0.15, -0.1) is 5.10 Å². The molecular formula is C15H19F2N3. The van der Waals surface area contributed by atoms with E-state index >= 15 is 0 Å². The molecule has 0 amide bonds. The van der Waals surface area contributed by atoms with Crippen LogP contribution in [0.25, 0.3) is 0 Å². The van der Waals surface area contributed by atoms with Crippen molar-refractivity contribution in [3.8, 4) is 0 Å². The fourth-order valence-electron chi connectivity index (χ4n) is 1.86. The van der Waals surface area contributed by atoms with E-state index in [0.29, 0.717) is 17.3 Å². The van der Waals surface area contributed by atoms with Crippen molar-refractivity contribution in [3.05, 3.63) is 53.2 Å². The first-order chi connectivity index (χ1) is 9.45. The van der Waals surface area contributed by atoms with Crippen molar-refractivity contribution in [2.75, 3.05) is 5.32 Å². The Morgan fingerprint density at radius 1 is 1.00 bits per heavy atom. The molecule has 1 aromatic heterocycles. The molecule has 3 nitrogen and oxygen atoms in total. The number of hydrogen-bond acceptors (Lipinski definition) is 3. The first-order valence-corrected chi connectivity index (χ1v) is 6.52. The molecule has 0 aliphatic rings. The summed E-state index contributed by atoms with van der Waals surface area (Å²) in [5.41, 5.74) is 1.43. The summed E-state index contributed by atoms with van der Waals surface area (Å²) in [7, 11) is 0. The normalized spacial score (nSPS) is 12.5. The van der Waals surface area contributed by atoms with Gasteiger partial charge in [-0.05, 0) is 42.7 Å². The Labute approximate surface area is 118 Å². The van der Waals surface area contributed by atoms with Crippen LogP contribution >= 0.6 is 0 Å². The molecule has 0 bridgehead atoms. The van der Waals surface area contributed by atoms with Crippen LogP contribution in [0.2, 0.25) is 0 Å². The summed E-state index contributed by atoms with van der Waals surface area (Å²) in [6.07, 6.45) is 0. The largest absolute Gasteiger partial charge is 0.362 e. The molecular weight excluding hydrogens is 260 g/mol. The molecule has 2 rings (SSSR count). The lowest BCUT2D eigenvalue weighted by Gasteiger charge is -2.15. The highest BCUT2D eigenvalue weighted by Gasteiger charge is 2.10. The third-order valence-electron chi connectivity index (χ3n) is 3.03. The van der Waals surface area contributed by atoms with Crippen molar-refractivity contribution < 1.29 is 10.2 Å². The maximum atomic E-state index is 13.2. The van der Waals surface area contributed by atoms with E-state index in [0.717, 1.165) is 11.8 Å². The van der Waals surface area contributed by atoms with Gasteiger partial charge in [0.25, 0.3) is 0 Å². The summed E-state index contributed by atoms with van der Waals surface area (Å²) in [6, 6.07) is 6.90. The zero-order valence-electron chi connectivity index (χ0n) is 11.7.